The second kappa shape index (κ2) is 6.40. The summed E-state index contributed by atoms with van der Waals surface area (Å²) in [6.45, 7) is 2.77. The fourth-order valence-electron chi connectivity index (χ4n) is 2.10. The van der Waals surface area contributed by atoms with Gasteiger partial charge in [-0.1, -0.05) is 30.3 Å². The van der Waals surface area contributed by atoms with Crippen molar-refractivity contribution >= 4 is 17.5 Å². The third-order valence-electron chi connectivity index (χ3n) is 3.71. The van der Waals surface area contributed by atoms with E-state index >= 15 is 0 Å². The van der Waals surface area contributed by atoms with Gasteiger partial charge in [-0.15, -0.1) is 11.6 Å². The fraction of sp³-hybridized carbons (Fsp3) is 0.533. The monoisotopic (exact) mass is 280 g/mol. The lowest BCUT2D eigenvalue weighted by molar-refractivity contribution is -0.121. The molecule has 1 amide bonds. The van der Waals surface area contributed by atoms with Gasteiger partial charge in [-0.3, -0.25) is 9.69 Å². The van der Waals surface area contributed by atoms with Crippen LogP contribution in [0.3, 0.4) is 0 Å². The molecule has 0 bridgehead atoms. The molecule has 1 N–H and O–H groups in total. The number of amides is 1. The summed E-state index contributed by atoms with van der Waals surface area (Å²) in [5, 5.41) is 2.32. The van der Waals surface area contributed by atoms with Gasteiger partial charge in [0.2, 0.25) is 5.91 Å². The Kier molecular flexibility index (Phi) is 4.83. The van der Waals surface area contributed by atoms with Gasteiger partial charge in [0.15, 0.2) is 0 Å². The van der Waals surface area contributed by atoms with Crippen LogP contribution in [0.1, 0.15) is 30.7 Å². The molecule has 1 saturated carbocycles. The molecular weight excluding hydrogens is 260 g/mol. The minimum Gasteiger partial charge on any atom is -0.353 e. The van der Waals surface area contributed by atoms with Crippen LogP contribution in [0.2, 0.25) is 0 Å². The molecule has 0 spiro atoms. The molecule has 1 aromatic rings. The number of rotatable bonds is 6. The molecule has 1 aliphatic carbocycles. The summed E-state index contributed by atoms with van der Waals surface area (Å²) in [5.41, 5.74) is 0.838. The maximum atomic E-state index is 12.0. The van der Waals surface area contributed by atoms with E-state index in [1.807, 2.05) is 30.3 Å². The molecule has 0 saturated heterocycles. The highest BCUT2D eigenvalue weighted by molar-refractivity contribution is 6.30. The van der Waals surface area contributed by atoms with Gasteiger partial charge in [0.1, 0.15) is 5.38 Å². The number of halogens is 1. The molecule has 1 fully saturated rings. The molecule has 19 heavy (non-hydrogen) atoms. The van der Waals surface area contributed by atoms with Gasteiger partial charge in [0.25, 0.3) is 0 Å². The molecule has 0 radical (unpaired) electrons. The van der Waals surface area contributed by atoms with Crippen molar-refractivity contribution in [3.05, 3.63) is 35.9 Å². The van der Waals surface area contributed by atoms with E-state index in [0.29, 0.717) is 18.6 Å². The number of nitrogens with one attached hydrogen (secondary N) is 1. The van der Waals surface area contributed by atoms with E-state index < -0.39 is 5.38 Å². The normalized spacial score (nSPS) is 18.1. The second-order valence-electron chi connectivity index (χ2n) is 5.26. The number of hydrogen-bond acceptors (Lipinski definition) is 2. The van der Waals surface area contributed by atoms with Crippen LogP contribution in [0.5, 0.6) is 0 Å². The molecule has 0 aliphatic heterocycles. The summed E-state index contributed by atoms with van der Waals surface area (Å²) in [4.78, 5) is 14.3. The van der Waals surface area contributed by atoms with E-state index in [9.17, 15) is 4.79 Å². The molecule has 2 atom stereocenters. The van der Waals surface area contributed by atoms with Gasteiger partial charge in [-0.25, -0.2) is 0 Å². The molecule has 2 rings (SSSR count). The molecule has 2 unspecified atom stereocenters. The molecule has 1 aromatic carbocycles. The molecular formula is C15H21ClN2O. The maximum Gasteiger partial charge on any atom is 0.242 e. The lowest BCUT2D eigenvalue weighted by Gasteiger charge is -2.25. The van der Waals surface area contributed by atoms with Crippen molar-refractivity contribution in [3.8, 4) is 0 Å². The van der Waals surface area contributed by atoms with E-state index in [1.54, 1.807) is 0 Å². The summed E-state index contributed by atoms with van der Waals surface area (Å²) in [7, 11) is 2.11. The minimum absolute atomic E-state index is 0.121. The lowest BCUT2D eigenvalue weighted by Crippen LogP contribution is -2.42. The van der Waals surface area contributed by atoms with Crippen molar-refractivity contribution in [1.29, 1.82) is 0 Å². The van der Waals surface area contributed by atoms with Gasteiger partial charge in [-0.2, -0.15) is 0 Å². The Morgan fingerprint density at radius 2 is 2.05 bits per heavy atom. The summed E-state index contributed by atoms with van der Waals surface area (Å²) in [5.74, 6) is -0.121. The van der Waals surface area contributed by atoms with E-state index in [2.05, 4.69) is 24.2 Å². The van der Waals surface area contributed by atoms with Gasteiger partial charge < -0.3 is 5.32 Å². The van der Waals surface area contributed by atoms with Crippen molar-refractivity contribution in [3.63, 3.8) is 0 Å². The predicted octanol–water partition coefficient (Wildman–Crippen LogP) is 2.57. The Labute approximate surface area is 119 Å². The van der Waals surface area contributed by atoms with Gasteiger partial charge in [0.05, 0.1) is 0 Å². The van der Waals surface area contributed by atoms with Crippen LogP contribution in [0.15, 0.2) is 30.3 Å². The van der Waals surface area contributed by atoms with Crippen molar-refractivity contribution in [1.82, 2.24) is 10.2 Å². The number of benzene rings is 1. The zero-order valence-electron chi connectivity index (χ0n) is 11.5. The molecule has 1 aliphatic rings. The van der Waals surface area contributed by atoms with Crippen LogP contribution < -0.4 is 5.32 Å². The molecule has 104 valence electrons. The Balaban J connectivity index is 1.80. The van der Waals surface area contributed by atoms with Crippen LogP contribution in [0.4, 0.5) is 0 Å². The average Bonchev–Trinajstić information content (AvgIpc) is 3.28. The first kappa shape index (κ1) is 14.4. The predicted molar refractivity (Wildman–Crippen MR) is 78.3 cm³/mol. The van der Waals surface area contributed by atoms with Crippen LogP contribution in [-0.2, 0) is 4.79 Å². The average molecular weight is 281 g/mol. The van der Waals surface area contributed by atoms with Crippen LogP contribution in [0.25, 0.3) is 0 Å². The Morgan fingerprint density at radius 3 is 2.63 bits per heavy atom. The van der Waals surface area contributed by atoms with Crippen LogP contribution in [-0.4, -0.2) is 36.5 Å². The van der Waals surface area contributed by atoms with Gasteiger partial charge >= 0.3 is 0 Å². The van der Waals surface area contributed by atoms with E-state index in [4.69, 9.17) is 11.6 Å². The fourth-order valence-corrected chi connectivity index (χ4v) is 2.32. The topological polar surface area (TPSA) is 32.3 Å². The second-order valence-corrected chi connectivity index (χ2v) is 5.70. The minimum atomic E-state index is -0.611. The number of alkyl halides is 1. The van der Waals surface area contributed by atoms with Crippen molar-refractivity contribution in [2.75, 3.05) is 13.6 Å². The number of nitrogens with zero attached hydrogens (tertiary/aromatic N) is 1. The first-order chi connectivity index (χ1) is 9.09. The third kappa shape index (κ3) is 3.95. The van der Waals surface area contributed by atoms with Crippen molar-refractivity contribution < 1.29 is 4.79 Å². The molecule has 0 aromatic heterocycles. The summed E-state index contributed by atoms with van der Waals surface area (Å²) in [6, 6.07) is 10.5. The highest BCUT2D eigenvalue weighted by Gasteiger charge is 2.29. The van der Waals surface area contributed by atoms with Crippen LogP contribution in [0, 0.1) is 0 Å². The van der Waals surface area contributed by atoms with Gasteiger partial charge in [-0.05, 0) is 32.4 Å². The summed E-state index contributed by atoms with van der Waals surface area (Å²) < 4.78 is 0. The summed E-state index contributed by atoms with van der Waals surface area (Å²) >= 11 is 6.17. The zero-order valence-corrected chi connectivity index (χ0v) is 12.2. The van der Waals surface area contributed by atoms with Crippen LogP contribution >= 0.6 is 11.6 Å². The summed E-state index contributed by atoms with van der Waals surface area (Å²) in [6.07, 6.45) is 2.55. The Bertz CT molecular complexity index is 419. The van der Waals surface area contributed by atoms with Gasteiger partial charge in [0, 0.05) is 18.6 Å². The highest BCUT2D eigenvalue weighted by Crippen LogP contribution is 2.26. The van der Waals surface area contributed by atoms with E-state index in [1.165, 1.54) is 12.8 Å². The lowest BCUT2D eigenvalue weighted by atomic mass is 10.1. The number of carbonyl (C=O) groups is 1. The van der Waals surface area contributed by atoms with Crippen molar-refractivity contribution in [2.24, 2.45) is 0 Å². The SMILES string of the molecule is CC(CNC(=O)C(Cl)c1ccccc1)N(C)C1CC1. The zero-order chi connectivity index (χ0) is 13.8. The molecule has 0 heterocycles. The quantitative estimate of drug-likeness (QED) is 0.813. The first-order valence-corrected chi connectivity index (χ1v) is 7.22. The van der Waals surface area contributed by atoms with E-state index in [-0.39, 0.29) is 5.91 Å². The maximum absolute atomic E-state index is 12.0. The highest BCUT2D eigenvalue weighted by atomic mass is 35.5. The largest absolute Gasteiger partial charge is 0.353 e. The van der Waals surface area contributed by atoms with E-state index in [0.717, 1.165) is 5.56 Å². The number of likely N-dealkylation sites (N-methyl/N-ethyl adjacent to an activating group) is 1. The molecule has 4 heteroatoms. The first-order valence-electron chi connectivity index (χ1n) is 6.78. The molecule has 3 nitrogen and oxygen atoms in total. The Hall–Kier alpha value is -1.06. The standard InChI is InChI=1S/C15H21ClN2O/c1-11(18(2)13-8-9-13)10-17-15(19)14(16)12-6-4-3-5-7-12/h3-7,11,13-14H,8-10H2,1-2H3,(H,17,19). The number of carbonyl (C=O) groups excluding carboxylic acids is 1. The number of hydrogen-bond donors (Lipinski definition) is 1. The Morgan fingerprint density at radius 1 is 1.42 bits per heavy atom. The third-order valence-corrected chi connectivity index (χ3v) is 4.16. The van der Waals surface area contributed by atoms with Crippen molar-refractivity contribution in [2.45, 2.75) is 37.2 Å². The smallest absolute Gasteiger partial charge is 0.242 e.